The number of benzene rings is 2. The number of rotatable bonds is 4. The van der Waals surface area contributed by atoms with E-state index in [9.17, 15) is 0 Å². The zero-order valence-electron chi connectivity index (χ0n) is 9.95. The Hall–Kier alpha value is -2.53. The summed E-state index contributed by atoms with van der Waals surface area (Å²) in [6.07, 6.45) is 3.81. The van der Waals surface area contributed by atoms with Crippen LogP contribution in [-0.4, -0.2) is 6.04 Å². The average Bonchev–Trinajstić information content (AvgIpc) is 2.45. The van der Waals surface area contributed by atoms with Crippen molar-refractivity contribution in [1.82, 2.24) is 0 Å². The summed E-state index contributed by atoms with van der Waals surface area (Å²) >= 11 is 0. The lowest BCUT2D eigenvalue weighted by Crippen LogP contribution is -2.13. The van der Waals surface area contributed by atoms with Crippen LogP contribution in [0.5, 0.6) is 0 Å². The molecule has 88 valence electrons. The molecule has 2 rings (SSSR count). The van der Waals surface area contributed by atoms with Gasteiger partial charge in [0.2, 0.25) is 0 Å². The highest BCUT2D eigenvalue weighted by molar-refractivity contribution is 5.53. The highest BCUT2D eigenvalue weighted by atomic mass is 14.9. The van der Waals surface area contributed by atoms with Crippen LogP contribution in [0.25, 0.3) is 6.08 Å². The average molecular weight is 234 g/mol. The second-order valence-electron chi connectivity index (χ2n) is 3.89. The molecule has 1 atom stereocenters. The van der Waals surface area contributed by atoms with Crippen molar-refractivity contribution in [3.8, 4) is 6.07 Å². The fourth-order valence-electron chi connectivity index (χ4n) is 1.61. The SMILES string of the molecule is N#CC(/C=C/c1ccccc1)Nc1ccccc1. The first-order chi connectivity index (χ1) is 8.88. The molecule has 1 N–H and O–H groups in total. The first-order valence-electron chi connectivity index (χ1n) is 5.83. The Morgan fingerprint density at radius 1 is 0.944 bits per heavy atom. The Morgan fingerprint density at radius 2 is 1.56 bits per heavy atom. The molecular formula is C16H14N2. The van der Waals surface area contributed by atoms with E-state index >= 15 is 0 Å². The molecule has 0 heterocycles. The van der Waals surface area contributed by atoms with Gasteiger partial charge in [0.15, 0.2) is 0 Å². The van der Waals surface area contributed by atoms with Gasteiger partial charge in [0.25, 0.3) is 0 Å². The van der Waals surface area contributed by atoms with Gasteiger partial charge in [-0.2, -0.15) is 5.26 Å². The molecule has 2 nitrogen and oxygen atoms in total. The Morgan fingerprint density at radius 3 is 2.17 bits per heavy atom. The van der Waals surface area contributed by atoms with Crippen LogP contribution < -0.4 is 5.32 Å². The number of hydrogen-bond donors (Lipinski definition) is 1. The normalized spacial score (nSPS) is 11.9. The van der Waals surface area contributed by atoms with E-state index in [1.54, 1.807) is 0 Å². The van der Waals surface area contributed by atoms with Crippen LogP contribution in [0.4, 0.5) is 5.69 Å². The molecule has 0 saturated carbocycles. The summed E-state index contributed by atoms with van der Waals surface area (Å²) in [5.41, 5.74) is 2.04. The lowest BCUT2D eigenvalue weighted by molar-refractivity contribution is 1.12. The summed E-state index contributed by atoms with van der Waals surface area (Å²) in [4.78, 5) is 0. The molecule has 2 aromatic rings. The van der Waals surface area contributed by atoms with Crippen LogP contribution in [0, 0.1) is 11.3 Å². The van der Waals surface area contributed by atoms with Crippen LogP contribution in [-0.2, 0) is 0 Å². The molecule has 1 unspecified atom stereocenters. The zero-order valence-corrected chi connectivity index (χ0v) is 9.95. The summed E-state index contributed by atoms with van der Waals surface area (Å²) in [5.74, 6) is 0. The molecule has 0 saturated heterocycles. The van der Waals surface area contributed by atoms with Gasteiger partial charge in [0, 0.05) is 5.69 Å². The van der Waals surface area contributed by atoms with Crippen molar-refractivity contribution in [2.75, 3.05) is 5.32 Å². The van der Waals surface area contributed by atoms with Gasteiger partial charge in [-0.05, 0) is 23.8 Å². The maximum Gasteiger partial charge on any atom is 0.133 e. The largest absolute Gasteiger partial charge is 0.367 e. The monoisotopic (exact) mass is 234 g/mol. The number of hydrogen-bond acceptors (Lipinski definition) is 2. The van der Waals surface area contributed by atoms with Gasteiger partial charge in [-0.25, -0.2) is 0 Å². The highest BCUT2D eigenvalue weighted by Gasteiger charge is 2.01. The van der Waals surface area contributed by atoms with Gasteiger partial charge in [-0.1, -0.05) is 54.6 Å². The highest BCUT2D eigenvalue weighted by Crippen LogP contribution is 2.09. The van der Waals surface area contributed by atoms with Gasteiger partial charge in [-0.3, -0.25) is 0 Å². The van der Waals surface area contributed by atoms with Gasteiger partial charge < -0.3 is 5.32 Å². The summed E-state index contributed by atoms with van der Waals surface area (Å²) in [7, 11) is 0. The van der Waals surface area contributed by atoms with Crippen LogP contribution in [0.3, 0.4) is 0 Å². The van der Waals surface area contributed by atoms with E-state index in [1.165, 1.54) is 0 Å². The third kappa shape index (κ3) is 3.50. The van der Waals surface area contributed by atoms with Crippen LogP contribution in [0.1, 0.15) is 5.56 Å². The molecule has 2 aromatic carbocycles. The molecule has 0 fully saturated rings. The van der Waals surface area contributed by atoms with Crippen LogP contribution in [0.2, 0.25) is 0 Å². The summed E-state index contributed by atoms with van der Waals surface area (Å²) < 4.78 is 0. The van der Waals surface area contributed by atoms with E-state index in [0.717, 1.165) is 11.3 Å². The Bertz CT molecular complexity index is 538. The van der Waals surface area contributed by atoms with Crippen molar-refractivity contribution >= 4 is 11.8 Å². The van der Waals surface area contributed by atoms with E-state index in [-0.39, 0.29) is 6.04 Å². The fraction of sp³-hybridized carbons (Fsp3) is 0.0625. The zero-order chi connectivity index (χ0) is 12.6. The first kappa shape index (κ1) is 11.9. The standard InChI is InChI=1S/C16H14N2/c17-13-16(18-15-9-5-2-6-10-15)12-11-14-7-3-1-4-8-14/h1-12,16,18H/b12-11+. The smallest absolute Gasteiger partial charge is 0.133 e. The lowest BCUT2D eigenvalue weighted by Gasteiger charge is -2.08. The van der Waals surface area contributed by atoms with Crippen molar-refractivity contribution in [2.45, 2.75) is 6.04 Å². The minimum atomic E-state index is -0.326. The number of para-hydroxylation sites is 1. The van der Waals surface area contributed by atoms with Crippen molar-refractivity contribution in [1.29, 1.82) is 5.26 Å². The summed E-state index contributed by atoms with van der Waals surface area (Å²) in [5, 5.41) is 12.3. The lowest BCUT2D eigenvalue weighted by atomic mass is 10.1. The quantitative estimate of drug-likeness (QED) is 0.875. The minimum absolute atomic E-state index is 0.326. The number of nitriles is 1. The van der Waals surface area contributed by atoms with Gasteiger partial charge in [-0.15, -0.1) is 0 Å². The Balaban J connectivity index is 2.03. The number of nitrogens with one attached hydrogen (secondary N) is 1. The van der Waals surface area contributed by atoms with E-state index in [1.807, 2.05) is 72.8 Å². The third-order valence-electron chi connectivity index (χ3n) is 2.52. The molecule has 0 bridgehead atoms. The predicted molar refractivity (Wildman–Crippen MR) is 74.9 cm³/mol. The molecule has 0 spiro atoms. The Kier molecular flexibility index (Phi) is 4.16. The second-order valence-corrected chi connectivity index (χ2v) is 3.89. The molecular weight excluding hydrogens is 220 g/mol. The topological polar surface area (TPSA) is 35.8 Å². The first-order valence-corrected chi connectivity index (χ1v) is 5.83. The molecule has 0 aliphatic carbocycles. The van der Waals surface area contributed by atoms with Gasteiger partial charge in [0.1, 0.15) is 6.04 Å². The number of nitrogens with zero attached hydrogens (tertiary/aromatic N) is 1. The van der Waals surface area contributed by atoms with Gasteiger partial charge in [0.05, 0.1) is 6.07 Å². The minimum Gasteiger partial charge on any atom is -0.367 e. The molecule has 0 aromatic heterocycles. The van der Waals surface area contributed by atoms with E-state index in [0.29, 0.717) is 0 Å². The van der Waals surface area contributed by atoms with Crippen molar-refractivity contribution < 1.29 is 0 Å². The molecule has 18 heavy (non-hydrogen) atoms. The van der Waals surface area contributed by atoms with Crippen molar-refractivity contribution in [3.63, 3.8) is 0 Å². The maximum absolute atomic E-state index is 9.10. The molecule has 0 amide bonds. The van der Waals surface area contributed by atoms with E-state index < -0.39 is 0 Å². The van der Waals surface area contributed by atoms with Crippen molar-refractivity contribution in [3.05, 3.63) is 72.3 Å². The summed E-state index contributed by atoms with van der Waals surface area (Å²) in [6.45, 7) is 0. The summed E-state index contributed by atoms with van der Waals surface area (Å²) in [6, 6.07) is 21.6. The van der Waals surface area contributed by atoms with Crippen molar-refractivity contribution in [2.24, 2.45) is 0 Å². The van der Waals surface area contributed by atoms with Gasteiger partial charge >= 0.3 is 0 Å². The molecule has 0 aliphatic heterocycles. The number of anilines is 1. The Labute approximate surface area is 107 Å². The predicted octanol–water partition coefficient (Wildman–Crippen LogP) is 3.70. The maximum atomic E-state index is 9.10. The third-order valence-corrected chi connectivity index (χ3v) is 2.52. The van der Waals surface area contributed by atoms with Crippen LogP contribution >= 0.6 is 0 Å². The van der Waals surface area contributed by atoms with E-state index in [4.69, 9.17) is 5.26 Å². The van der Waals surface area contributed by atoms with E-state index in [2.05, 4.69) is 11.4 Å². The fourth-order valence-corrected chi connectivity index (χ4v) is 1.61. The molecule has 0 radical (unpaired) electrons. The van der Waals surface area contributed by atoms with Crippen LogP contribution in [0.15, 0.2) is 66.7 Å². The molecule has 2 heteroatoms. The molecule has 0 aliphatic rings. The second kappa shape index (κ2) is 6.27.